The Morgan fingerprint density at radius 1 is 1.21 bits per heavy atom. The van der Waals surface area contributed by atoms with Gasteiger partial charge < -0.3 is 9.64 Å². The molecule has 0 bridgehead atoms. The zero-order valence-electron chi connectivity index (χ0n) is 14.9. The van der Waals surface area contributed by atoms with Gasteiger partial charge in [0.15, 0.2) is 0 Å². The molecule has 2 amide bonds. The van der Waals surface area contributed by atoms with Crippen LogP contribution in [0.3, 0.4) is 0 Å². The normalized spacial score (nSPS) is 29.3. The number of hydrazone groups is 1. The summed E-state index contributed by atoms with van der Waals surface area (Å²) in [5, 5.41) is 5.80. The van der Waals surface area contributed by atoms with Crippen molar-refractivity contribution in [1.29, 1.82) is 0 Å². The van der Waals surface area contributed by atoms with Crippen molar-refractivity contribution < 1.29 is 14.3 Å². The third-order valence-corrected chi connectivity index (χ3v) is 5.17. The molecule has 0 aromatic carbocycles. The Morgan fingerprint density at radius 2 is 1.92 bits per heavy atom. The molecule has 0 unspecified atom stereocenters. The van der Waals surface area contributed by atoms with Crippen LogP contribution in [0.1, 0.15) is 33.6 Å². The van der Waals surface area contributed by atoms with Crippen LogP contribution in [0.2, 0.25) is 0 Å². The third-order valence-electron chi connectivity index (χ3n) is 5.17. The number of ether oxygens (including phenoxy) is 1. The highest BCUT2D eigenvalue weighted by molar-refractivity contribution is 6.39. The van der Waals surface area contributed by atoms with Crippen LogP contribution in [0.5, 0.6) is 0 Å². The molecule has 0 aromatic heterocycles. The van der Waals surface area contributed by atoms with Crippen molar-refractivity contribution in [2.45, 2.75) is 45.7 Å². The molecule has 3 heterocycles. The molecule has 3 rings (SSSR count). The summed E-state index contributed by atoms with van der Waals surface area (Å²) in [5.41, 5.74) is 0.526. The van der Waals surface area contributed by atoms with E-state index in [9.17, 15) is 9.59 Å². The Hall–Kier alpha value is -1.47. The highest BCUT2D eigenvalue weighted by Crippen LogP contribution is 2.24. The van der Waals surface area contributed by atoms with Crippen LogP contribution in [0.15, 0.2) is 5.10 Å². The first-order chi connectivity index (χ1) is 11.5. The van der Waals surface area contributed by atoms with Crippen LogP contribution in [0.25, 0.3) is 0 Å². The van der Waals surface area contributed by atoms with Crippen molar-refractivity contribution in [2.24, 2.45) is 11.0 Å². The Labute approximate surface area is 143 Å². The van der Waals surface area contributed by atoms with Gasteiger partial charge in [-0.05, 0) is 19.8 Å². The summed E-state index contributed by atoms with van der Waals surface area (Å²) < 4.78 is 5.43. The monoisotopic (exact) mass is 336 g/mol. The smallest absolute Gasteiger partial charge is 0.270 e. The van der Waals surface area contributed by atoms with E-state index < -0.39 is 0 Å². The van der Waals surface area contributed by atoms with Crippen LogP contribution in [0.4, 0.5) is 0 Å². The topological polar surface area (TPSA) is 65.5 Å². The number of likely N-dealkylation sites (tertiary alicyclic amines) is 1. The van der Waals surface area contributed by atoms with Gasteiger partial charge in [0, 0.05) is 51.1 Å². The molecule has 7 nitrogen and oxygen atoms in total. The first-order valence-electron chi connectivity index (χ1n) is 8.98. The second kappa shape index (κ2) is 7.19. The van der Waals surface area contributed by atoms with E-state index in [2.05, 4.69) is 16.9 Å². The second-order valence-electron chi connectivity index (χ2n) is 7.28. The Morgan fingerprint density at radius 3 is 2.58 bits per heavy atom. The van der Waals surface area contributed by atoms with E-state index >= 15 is 0 Å². The van der Waals surface area contributed by atoms with E-state index in [1.165, 1.54) is 5.01 Å². The lowest BCUT2D eigenvalue weighted by atomic mass is 10.0. The predicted molar refractivity (Wildman–Crippen MR) is 90.6 cm³/mol. The number of carbonyl (C=O) groups excluding carboxylic acids is 2. The summed E-state index contributed by atoms with van der Waals surface area (Å²) in [5.74, 6) is 0.442. The summed E-state index contributed by atoms with van der Waals surface area (Å²) in [4.78, 5) is 29.1. The molecular formula is C17H28N4O3. The minimum atomic E-state index is -0.0146. The van der Waals surface area contributed by atoms with E-state index in [1.807, 2.05) is 18.7 Å². The number of carbonyl (C=O) groups is 2. The van der Waals surface area contributed by atoms with Crippen molar-refractivity contribution in [2.75, 3.05) is 39.4 Å². The van der Waals surface area contributed by atoms with Gasteiger partial charge in [0.05, 0.1) is 13.2 Å². The Balaban J connectivity index is 1.67. The van der Waals surface area contributed by atoms with Crippen molar-refractivity contribution >= 4 is 17.5 Å². The van der Waals surface area contributed by atoms with Crippen molar-refractivity contribution in [3.63, 3.8) is 0 Å². The first kappa shape index (κ1) is 17.4. The van der Waals surface area contributed by atoms with Crippen LogP contribution in [0, 0.1) is 5.92 Å². The fraction of sp³-hybridized carbons (Fsp3) is 0.824. The van der Waals surface area contributed by atoms with E-state index in [1.54, 1.807) is 0 Å². The summed E-state index contributed by atoms with van der Waals surface area (Å²) in [6, 6.07) is 0.379. The predicted octanol–water partition coefficient (Wildman–Crippen LogP) is 0.552. The van der Waals surface area contributed by atoms with E-state index in [-0.39, 0.29) is 17.9 Å². The summed E-state index contributed by atoms with van der Waals surface area (Å²) >= 11 is 0. The van der Waals surface area contributed by atoms with Gasteiger partial charge in [-0.2, -0.15) is 5.10 Å². The third kappa shape index (κ3) is 3.47. The zero-order chi connectivity index (χ0) is 17.3. The largest absolute Gasteiger partial charge is 0.379 e. The maximum Gasteiger partial charge on any atom is 0.270 e. The minimum Gasteiger partial charge on any atom is -0.379 e. The molecule has 2 saturated heterocycles. The molecule has 0 N–H and O–H groups in total. The maximum absolute atomic E-state index is 12.9. The average Bonchev–Trinajstić information content (AvgIpc) is 2.97. The maximum atomic E-state index is 12.9. The highest BCUT2D eigenvalue weighted by Gasteiger charge is 2.38. The molecule has 0 aliphatic carbocycles. The molecule has 134 valence electrons. The van der Waals surface area contributed by atoms with Crippen molar-refractivity contribution in [3.05, 3.63) is 0 Å². The molecule has 0 spiro atoms. The molecule has 3 aliphatic heterocycles. The fourth-order valence-electron chi connectivity index (χ4n) is 3.81. The van der Waals surface area contributed by atoms with Gasteiger partial charge >= 0.3 is 0 Å². The molecule has 0 radical (unpaired) electrons. The standard InChI is InChI=1S/C17H28N4O3/c1-12(2)21-16(22)5-4-14(18-21)17(23)20-10-13(3)15(11-20)19-6-8-24-9-7-19/h12-13,15H,4-11H2,1-3H3/t13-,15-/m0/s1. The van der Waals surface area contributed by atoms with Gasteiger partial charge in [-0.1, -0.05) is 6.92 Å². The number of amides is 2. The van der Waals surface area contributed by atoms with Crippen LogP contribution < -0.4 is 0 Å². The minimum absolute atomic E-state index is 0.00235. The molecular weight excluding hydrogens is 308 g/mol. The second-order valence-corrected chi connectivity index (χ2v) is 7.28. The highest BCUT2D eigenvalue weighted by atomic mass is 16.5. The van der Waals surface area contributed by atoms with Crippen LogP contribution in [-0.4, -0.2) is 83.8 Å². The van der Waals surface area contributed by atoms with E-state index in [0.717, 1.165) is 39.4 Å². The number of nitrogens with zero attached hydrogens (tertiary/aromatic N) is 4. The summed E-state index contributed by atoms with van der Waals surface area (Å²) in [7, 11) is 0. The van der Waals surface area contributed by atoms with Gasteiger partial charge in [0.1, 0.15) is 5.71 Å². The van der Waals surface area contributed by atoms with Gasteiger partial charge in [-0.15, -0.1) is 0 Å². The quantitative estimate of drug-likeness (QED) is 0.755. The fourth-order valence-corrected chi connectivity index (χ4v) is 3.81. The van der Waals surface area contributed by atoms with Crippen LogP contribution >= 0.6 is 0 Å². The number of morpholine rings is 1. The lowest BCUT2D eigenvalue weighted by Crippen LogP contribution is -2.47. The molecule has 7 heteroatoms. The first-order valence-corrected chi connectivity index (χ1v) is 8.98. The summed E-state index contributed by atoms with van der Waals surface area (Å²) in [6.07, 6.45) is 0.826. The zero-order valence-corrected chi connectivity index (χ0v) is 14.9. The Kier molecular flexibility index (Phi) is 5.20. The lowest BCUT2D eigenvalue weighted by molar-refractivity contribution is -0.133. The van der Waals surface area contributed by atoms with E-state index in [0.29, 0.717) is 30.5 Å². The molecule has 24 heavy (non-hydrogen) atoms. The number of rotatable bonds is 3. The number of hydrogen-bond donors (Lipinski definition) is 0. The molecule has 2 fully saturated rings. The lowest BCUT2D eigenvalue weighted by Gasteiger charge is -2.34. The van der Waals surface area contributed by atoms with Gasteiger partial charge in [0.25, 0.3) is 5.91 Å². The van der Waals surface area contributed by atoms with Crippen molar-refractivity contribution in [1.82, 2.24) is 14.8 Å². The van der Waals surface area contributed by atoms with Gasteiger partial charge in [-0.3, -0.25) is 14.5 Å². The average molecular weight is 336 g/mol. The molecule has 0 saturated carbocycles. The molecule has 2 atom stereocenters. The van der Waals surface area contributed by atoms with Gasteiger partial charge in [0.2, 0.25) is 5.91 Å². The SMILES string of the molecule is CC(C)N1N=C(C(=O)N2C[C@H](C)[C@@H](N3CCOCC3)C2)CCC1=O. The van der Waals surface area contributed by atoms with Crippen molar-refractivity contribution in [3.8, 4) is 0 Å². The van der Waals surface area contributed by atoms with Gasteiger partial charge in [-0.25, -0.2) is 5.01 Å². The van der Waals surface area contributed by atoms with E-state index in [4.69, 9.17) is 4.74 Å². The summed E-state index contributed by atoms with van der Waals surface area (Å²) in [6.45, 7) is 11.0. The number of hydrogen-bond acceptors (Lipinski definition) is 5. The Bertz CT molecular complexity index is 528. The molecule has 0 aromatic rings. The van der Waals surface area contributed by atoms with Crippen LogP contribution in [-0.2, 0) is 14.3 Å². The molecule has 3 aliphatic rings.